The number of nitrogens with zero attached hydrogens (tertiary/aromatic N) is 1. The monoisotopic (exact) mass is 360 g/mol. The first-order chi connectivity index (χ1) is 12.6. The number of hydrogen-bond acceptors (Lipinski definition) is 4. The van der Waals surface area contributed by atoms with E-state index in [0.29, 0.717) is 37.4 Å². The Bertz CT molecular complexity index is 764. The number of rotatable bonds is 5. The number of ether oxygens (including phenoxy) is 1. The molecule has 0 saturated carbocycles. The molecule has 1 fully saturated rings. The quantitative estimate of drug-likeness (QED) is 0.890. The maximum absolute atomic E-state index is 12.9. The Balaban J connectivity index is 1.53. The first-order valence-electron chi connectivity index (χ1n) is 8.55. The standard InChI is InChI=1S/C19H21FN2O4/c1-21-18(23)13-8-10-22(11-9-13)19(24)17-7-6-16(26-17)12-25-15-4-2-14(20)3-5-15/h2-7,13H,8-12H2,1H3,(H,21,23). The number of furan rings is 1. The number of piperidine rings is 1. The van der Waals surface area contributed by atoms with Crippen molar-refractivity contribution in [1.29, 1.82) is 0 Å². The molecule has 26 heavy (non-hydrogen) atoms. The normalized spacial score (nSPS) is 14.9. The summed E-state index contributed by atoms with van der Waals surface area (Å²) in [6, 6.07) is 9.00. The summed E-state index contributed by atoms with van der Waals surface area (Å²) in [7, 11) is 1.62. The van der Waals surface area contributed by atoms with Crippen molar-refractivity contribution in [2.24, 2.45) is 5.92 Å². The highest BCUT2D eigenvalue weighted by Gasteiger charge is 2.28. The van der Waals surface area contributed by atoms with Gasteiger partial charge in [0.05, 0.1) is 0 Å². The van der Waals surface area contributed by atoms with Crippen molar-refractivity contribution >= 4 is 11.8 Å². The summed E-state index contributed by atoms with van der Waals surface area (Å²) < 4.78 is 23.9. The summed E-state index contributed by atoms with van der Waals surface area (Å²) in [6.07, 6.45) is 1.29. The van der Waals surface area contributed by atoms with Gasteiger partial charge in [-0.3, -0.25) is 9.59 Å². The molecule has 0 aliphatic carbocycles. The smallest absolute Gasteiger partial charge is 0.289 e. The third-order valence-electron chi connectivity index (χ3n) is 4.47. The van der Waals surface area contributed by atoms with Gasteiger partial charge in [0.15, 0.2) is 5.76 Å². The maximum atomic E-state index is 12.9. The molecule has 2 amide bonds. The number of halogens is 1. The second-order valence-electron chi connectivity index (χ2n) is 6.19. The van der Waals surface area contributed by atoms with Crippen molar-refractivity contribution in [1.82, 2.24) is 10.2 Å². The molecule has 1 aromatic heterocycles. The fourth-order valence-corrected chi connectivity index (χ4v) is 2.96. The van der Waals surface area contributed by atoms with Crippen LogP contribution in [0.4, 0.5) is 4.39 Å². The van der Waals surface area contributed by atoms with Gasteiger partial charge in [0.1, 0.15) is 23.9 Å². The van der Waals surface area contributed by atoms with Crippen molar-refractivity contribution in [3.63, 3.8) is 0 Å². The SMILES string of the molecule is CNC(=O)C1CCN(C(=O)c2ccc(COc3ccc(F)cc3)o2)CC1. The number of hydrogen-bond donors (Lipinski definition) is 1. The lowest BCUT2D eigenvalue weighted by Gasteiger charge is -2.30. The predicted octanol–water partition coefficient (Wildman–Crippen LogP) is 2.60. The molecule has 1 aliphatic heterocycles. The average molecular weight is 360 g/mol. The molecule has 2 aromatic rings. The average Bonchev–Trinajstić information content (AvgIpc) is 3.15. The highest BCUT2D eigenvalue weighted by atomic mass is 19.1. The third-order valence-corrected chi connectivity index (χ3v) is 4.47. The number of benzene rings is 1. The van der Waals surface area contributed by atoms with Gasteiger partial charge in [-0.2, -0.15) is 0 Å². The van der Waals surface area contributed by atoms with E-state index in [1.165, 1.54) is 24.3 Å². The Morgan fingerprint density at radius 2 is 1.88 bits per heavy atom. The van der Waals surface area contributed by atoms with Crippen LogP contribution in [0, 0.1) is 11.7 Å². The molecule has 1 saturated heterocycles. The van der Waals surface area contributed by atoms with Crippen LogP contribution in [-0.4, -0.2) is 36.9 Å². The van der Waals surface area contributed by atoms with Gasteiger partial charge in [0.2, 0.25) is 5.91 Å². The number of nitrogens with one attached hydrogen (secondary N) is 1. The van der Waals surface area contributed by atoms with E-state index < -0.39 is 0 Å². The Kier molecular flexibility index (Phi) is 5.55. The highest BCUT2D eigenvalue weighted by Crippen LogP contribution is 2.21. The lowest BCUT2D eigenvalue weighted by atomic mass is 9.96. The number of carbonyl (C=O) groups excluding carboxylic acids is 2. The molecule has 0 spiro atoms. The molecule has 3 rings (SSSR count). The van der Waals surface area contributed by atoms with Crippen molar-refractivity contribution in [2.45, 2.75) is 19.4 Å². The van der Waals surface area contributed by atoms with Crippen LogP contribution in [0.5, 0.6) is 5.75 Å². The lowest BCUT2D eigenvalue weighted by Crippen LogP contribution is -2.42. The van der Waals surface area contributed by atoms with E-state index in [1.807, 2.05) is 0 Å². The van der Waals surface area contributed by atoms with Gasteiger partial charge in [-0.1, -0.05) is 0 Å². The predicted molar refractivity (Wildman–Crippen MR) is 92.1 cm³/mol. The Labute approximate surface area is 150 Å². The van der Waals surface area contributed by atoms with E-state index in [2.05, 4.69) is 5.32 Å². The van der Waals surface area contributed by atoms with Crippen molar-refractivity contribution in [3.8, 4) is 5.75 Å². The van der Waals surface area contributed by atoms with Crippen LogP contribution in [0.1, 0.15) is 29.2 Å². The van der Waals surface area contributed by atoms with Gasteiger partial charge < -0.3 is 19.4 Å². The minimum Gasteiger partial charge on any atom is -0.486 e. The fraction of sp³-hybridized carbons (Fsp3) is 0.368. The minimum absolute atomic E-state index is 0.0234. The molecule has 1 aromatic carbocycles. The zero-order valence-electron chi connectivity index (χ0n) is 14.5. The number of amides is 2. The molecule has 1 N–H and O–H groups in total. The van der Waals surface area contributed by atoms with Crippen LogP contribution < -0.4 is 10.1 Å². The summed E-state index contributed by atoms with van der Waals surface area (Å²) >= 11 is 0. The van der Waals surface area contributed by atoms with Gasteiger partial charge in [0.25, 0.3) is 5.91 Å². The summed E-state index contributed by atoms with van der Waals surface area (Å²) in [5.41, 5.74) is 0. The molecule has 6 nitrogen and oxygen atoms in total. The van der Waals surface area contributed by atoms with Gasteiger partial charge in [-0.15, -0.1) is 0 Å². The van der Waals surface area contributed by atoms with E-state index in [0.717, 1.165) is 0 Å². The molecular formula is C19H21FN2O4. The third kappa shape index (κ3) is 4.22. The largest absolute Gasteiger partial charge is 0.486 e. The molecule has 2 heterocycles. The molecule has 138 valence electrons. The van der Waals surface area contributed by atoms with Gasteiger partial charge >= 0.3 is 0 Å². The summed E-state index contributed by atoms with van der Waals surface area (Å²) in [5, 5.41) is 2.65. The van der Waals surface area contributed by atoms with Crippen molar-refractivity contribution in [2.75, 3.05) is 20.1 Å². The Morgan fingerprint density at radius 1 is 1.19 bits per heavy atom. The number of likely N-dealkylation sites (tertiary alicyclic amines) is 1. The fourth-order valence-electron chi connectivity index (χ4n) is 2.96. The van der Waals surface area contributed by atoms with Crippen LogP contribution in [0.2, 0.25) is 0 Å². The van der Waals surface area contributed by atoms with E-state index in [-0.39, 0.29) is 35.9 Å². The summed E-state index contributed by atoms with van der Waals surface area (Å²) in [5.74, 6) is 0.749. The Morgan fingerprint density at radius 3 is 2.54 bits per heavy atom. The van der Waals surface area contributed by atoms with Crippen LogP contribution in [0.25, 0.3) is 0 Å². The molecular weight excluding hydrogens is 339 g/mol. The van der Waals surface area contributed by atoms with Crippen molar-refractivity contribution in [3.05, 3.63) is 53.7 Å². The number of carbonyl (C=O) groups is 2. The summed E-state index contributed by atoms with van der Waals surface area (Å²) in [4.78, 5) is 25.9. The highest BCUT2D eigenvalue weighted by molar-refractivity contribution is 5.91. The van der Waals surface area contributed by atoms with Gasteiger partial charge in [-0.05, 0) is 49.2 Å². The van der Waals surface area contributed by atoms with Crippen LogP contribution >= 0.6 is 0 Å². The van der Waals surface area contributed by atoms with Gasteiger partial charge in [0, 0.05) is 26.1 Å². The summed E-state index contributed by atoms with van der Waals surface area (Å²) in [6.45, 7) is 1.20. The lowest BCUT2D eigenvalue weighted by molar-refractivity contribution is -0.125. The molecule has 1 aliphatic rings. The van der Waals surface area contributed by atoms with Crippen LogP contribution in [0.3, 0.4) is 0 Å². The second-order valence-corrected chi connectivity index (χ2v) is 6.19. The topological polar surface area (TPSA) is 71.8 Å². The van der Waals surface area contributed by atoms with Crippen molar-refractivity contribution < 1.29 is 23.1 Å². The minimum atomic E-state index is -0.330. The van der Waals surface area contributed by atoms with Crippen LogP contribution in [-0.2, 0) is 11.4 Å². The van der Waals surface area contributed by atoms with E-state index in [9.17, 15) is 14.0 Å². The molecule has 0 unspecified atom stereocenters. The van der Waals surface area contributed by atoms with E-state index in [1.54, 1.807) is 24.1 Å². The van der Waals surface area contributed by atoms with Gasteiger partial charge in [-0.25, -0.2) is 4.39 Å². The zero-order valence-corrected chi connectivity index (χ0v) is 14.5. The first kappa shape index (κ1) is 18.0. The molecule has 7 heteroatoms. The van der Waals surface area contributed by atoms with Crippen LogP contribution in [0.15, 0.2) is 40.8 Å². The molecule has 0 bridgehead atoms. The first-order valence-corrected chi connectivity index (χ1v) is 8.55. The second kappa shape index (κ2) is 8.03. The zero-order chi connectivity index (χ0) is 18.5. The Hall–Kier alpha value is -2.83. The molecule has 0 radical (unpaired) electrons. The molecule has 0 atom stereocenters. The maximum Gasteiger partial charge on any atom is 0.289 e. The van der Waals surface area contributed by atoms with E-state index in [4.69, 9.17) is 9.15 Å². The van der Waals surface area contributed by atoms with E-state index >= 15 is 0 Å².